The molecule has 0 aromatic heterocycles. The molecule has 3 aliphatic carbocycles. The van der Waals surface area contributed by atoms with Crippen LogP contribution in [-0.4, -0.2) is 50.3 Å². The lowest BCUT2D eigenvalue weighted by atomic mass is 9.48. The van der Waals surface area contributed by atoms with E-state index >= 15 is 0 Å². The molecule has 8 heteroatoms. The van der Waals surface area contributed by atoms with Crippen molar-refractivity contribution < 1.29 is 39.5 Å². The predicted octanol–water partition coefficient (Wildman–Crippen LogP) is 1.01. The number of rotatable bonds is 3. The van der Waals surface area contributed by atoms with Crippen molar-refractivity contribution in [2.24, 2.45) is 29.1 Å². The summed E-state index contributed by atoms with van der Waals surface area (Å²) in [6.07, 6.45) is 7.24. The molecule has 1 aliphatic heterocycles. The van der Waals surface area contributed by atoms with E-state index in [0.717, 1.165) is 0 Å². The van der Waals surface area contributed by atoms with Gasteiger partial charge < -0.3 is 15.3 Å². The molecule has 3 N–H and O–H groups in total. The number of terminal acetylenes is 1. The molecule has 4 fully saturated rings. The second-order valence-corrected chi connectivity index (χ2v) is 8.97. The Morgan fingerprint density at radius 3 is 2.29 bits per heavy atom. The highest BCUT2D eigenvalue weighted by Crippen LogP contribution is 2.66. The van der Waals surface area contributed by atoms with E-state index in [0.29, 0.717) is 32.1 Å². The van der Waals surface area contributed by atoms with Crippen molar-refractivity contribution in [1.82, 2.24) is 0 Å². The molecule has 8 nitrogen and oxygen atoms in total. The van der Waals surface area contributed by atoms with E-state index in [1.54, 1.807) is 0 Å². The van der Waals surface area contributed by atoms with Gasteiger partial charge in [0, 0.05) is 5.41 Å². The van der Waals surface area contributed by atoms with Crippen LogP contribution in [0.2, 0.25) is 0 Å². The molecule has 1 heterocycles. The first kappa shape index (κ1) is 19.4. The van der Waals surface area contributed by atoms with E-state index in [2.05, 4.69) is 5.92 Å². The maximum Gasteiger partial charge on any atom is 0.372 e. The van der Waals surface area contributed by atoms with Crippen molar-refractivity contribution in [3.05, 3.63) is 0 Å². The second kappa shape index (κ2) is 6.02. The molecule has 4 rings (SSSR count). The number of hydrogen-bond acceptors (Lipinski definition) is 6. The average molecular weight is 392 g/mol. The molecule has 1 spiro atoms. The fraction of sp³-hybridized carbons (Fsp3) is 0.750. The zero-order valence-electron chi connectivity index (χ0n) is 15.6. The average Bonchev–Trinajstić information content (AvgIpc) is 2.90. The van der Waals surface area contributed by atoms with Crippen molar-refractivity contribution in [3.63, 3.8) is 0 Å². The standard InChI is InChI=1S/C20H24O8/c1-3-19(26)8-6-12-10-5-9-20(15(17(24)25)27-28-20)13(14(21)16(22)23)11(10)4-7-18(12,19)2/h1,10-13,15,26H,4-9H2,2H3,(H,22,23)(H,24,25)/t10-,11+,12+,13+,15?,18+,19+,20?/m1/s1. The van der Waals surface area contributed by atoms with E-state index in [-0.39, 0.29) is 24.2 Å². The largest absolute Gasteiger partial charge is 0.479 e. The fourth-order valence-corrected chi connectivity index (χ4v) is 6.72. The monoisotopic (exact) mass is 392 g/mol. The van der Waals surface area contributed by atoms with Crippen LogP contribution >= 0.6 is 0 Å². The minimum atomic E-state index is -1.59. The zero-order valence-corrected chi connectivity index (χ0v) is 15.6. The summed E-state index contributed by atoms with van der Waals surface area (Å²) >= 11 is 0. The summed E-state index contributed by atoms with van der Waals surface area (Å²) in [5.41, 5.74) is -3.17. The summed E-state index contributed by atoms with van der Waals surface area (Å²) in [5, 5.41) is 29.8. The van der Waals surface area contributed by atoms with Gasteiger partial charge in [0.05, 0.1) is 5.92 Å². The second-order valence-electron chi connectivity index (χ2n) is 8.97. The number of aliphatic hydroxyl groups is 1. The summed E-state index contributed by atoms with van der Waals surface area (Å²) in [7, 11) is 0. The minimum absolute atomic E-state index is 0.0290. The maximum atomic E-state index is 12.7. The summed E-state index contributed by atoms with van der Waals surface area (Å²) in [6.45, 7) is 1.97. The summed E-state index contributed by atoms with van der Waals surface area (Å²) in [4.78, 5) is 45.8. The van der Waals surface area contributed by atoms with Gasteiger partial charge in [0.2, 0.25) is 11.9 Å². The van der Waals surface area contributed by atoms with Crippen LogP contribution in [0.25, 0.3) is 0 Å². The Labute approximate surface area is 162 Å². The van der Waals surface area contributed by atoms with Gasteiger partial charge in [-0.2, -0.15) is 0 Å². The number of aliphatic carboxylic acids is 2. The third-order valence-electron chi connectivity index (χ3n) is 8.17. The van der Waals surface area contributed by atoms with E-state index < -0.39 is 46.4 Å². The number of carboxylic acids is 2. The number of Topliss-reactive ketones (excluding diaryl/α,β-unsaturated/α-hetero) is 1. The number of carbonyl (C=O) groups excluding carboxylic acids is 1. The molecule has 0 aromatic carbocycles. The topological polar surface area (TPSA) is 130 Å². The number of carboxylic acid groups (broad SMARTS) is 2. The Bertz CT molecular complexity index is 786. The lowest BCUT2D eigenvalue weighted by Crippen LogP contribution is -2.71. The molecule has 0 amide bonds. The molecule has 1 saturated heterocycles. The first-order chi connectivity index (χ1) is 13.1. The Morgan fingerprint density at radius 1 is 1.07 bits per heavy atom. The van der Waals surface area contributed by atoms with Gasteiger partial charge in [-0.1, -0.05) is 12.8 Å². The number of carbonyl (C=O) groups is 3. The van der Waals surface area contributed by atoms with Crippen LogP contribution in [0.1, 0.15) is 45.4 Å². The molecule has 152 valence electrons. The predicted molar refractivity (Wildman–Crippen MR) is 92.5 cm³/mol. The Kier molecular flexibility index (Phi) is 4.17. The highest BCUT2D eigenvalue weighted by atomic mass is 17.3. The van der Waals surface area contributed by atoms with Crippen LogP contribution in [-0.2, 0) is 24.2 Å². The van der Waals surface area contributed by atoms with Crippen molar-refractivity contribution in [2.75, 3.05) is 0 Å². The first-order valence-corrected chi connectivity index (χ1v) is 9.66. The molecule has 0 bridgehead atoms. The van der Waals surface area contributed by atoms with Gasteiger partial charge in [0.25, 0.3) is 0 Å². The molecular weight excluding hydrogens is 368 g/mol. The number of hydrogen-bond donors (Lipinski definition) is 3. The third kappa shape index (κ3) is 2.21. The highest BCUT2D eigenvalue weighted by molar-refractivity contribution is 6.34. The normalized spacial score (nSPS) is 49.4. The zero-order chi connectivity index (χ0) is 20.5. The van der Waals surface area contributed by atoms with Crippen molar-refractivity contribution >= 4 is 17.7 Å². The van der Waals surface area contributed by atoms with Crippen LogP contribution in [0.3, 0.4) is 0 Å². The Morgan fingerprint density at radius 2 is 1.75 bits per heavy atom. The Balaban J connectivity index is 1.72. The van der Waals surface area contributed by atoms with Crippen LogP contribution < -0.4 is 0 Å². The molecule has 28 heavy (non-hydrogen) atoms. The lowest BCUT2D eigenvalue weighted by Gasteiger charge is -2.60. The smallest absolute Gasteiger partial charge is 0.372 e. The first-order valence-electron chi connectivity index (χ1n) is 9.66. The van der Waals surface area contributed by atoms with Crippen molar-refractivity contribution in [2.45, 2.75) is 62.8 Å². The van der Waals surface area contributed by atoms with Gasteiger partial charge in [-0.05, 0) is 56.3 Å². The van der Waals surface area contributed by atoms with E-state index in [9.17, 15) is 29.7 Å². The lowest BCUT2D eigenvalue weighted by molar-refractivity contribution is -0.516. The fourth-order valence-electron chi connectivity index (χ4n) is 6.72. The summed E-state index contributed by atoms with van der Waals surface area (Å²) in [6, 6.07) is 0. The number of fused-ring (bicyclic) bond motifs is 3. The molecule has 3 saturated carbocycles. The minimum Gasteiger partial charge on any atom is -0.479 e. The molecular formula is C20H24O8. The molecule has 2 unspecified atom stereocenters. The maximum absolute atomic E-state index is 12.7. The molecule has 0 aromatic rings. The van der Waals surface area contributed by atoms with Crippen molar-refractivity contribution in [3.8, 4) is 12.3 Å². The van der Waals surface area contributed by atoms with Crippen LogP contribution in [0.5, 0.6) is 0 Å². The highest BCUT2D eigenvalue weighted by Gasteiger charge is 2.71. The van der Waals surface area contributed by atoms with E-state index in [4.69, 9.17) is 16.2 Å². The summed E-state index contributed by atoms with van der Waals surface area (Å²) < 4.78 is 0. The molecule has 0 radical (unpaired) electrons. The number of ketones is 1. The Hall–Kier alpha value is -1.95. The summed E-state index contributed by atoms with van der Waals surface area (Å²) in [5.74, 6) is -2.76. The quantitative estimate of drug-likeness (QED) is 0.369. The van der Waals surface area contributed by atoms with Gasteiger partial charge in [-0.3, -0.25) is 4.79 Å². The van der Waals surface area contributed by atoms with Gasteiger partial charge in [0.1, 0.15) is 5.60 Å². The van der Waals surface area contributed by atoms with Gasteiger partial charge in [0.15, 0.2) is 5.60 Å². The SMILES string of the molecule is C#C[C@]1(O)CC[C@H]2[C@@H]3CCC4(OOC4C(=O)O)[C@H](C(=O)C(=O)O)[C@H]3CC[C@@]21C. The van der Waals surface area contributed by atoms with Gasteiger partial charge in [-0.15, -0.1) is 6.42 Å². The molecule has 8 atom stereocenters. The van der Waals surface area contributed by atoms with Gasteiger partial charge >= 0.3 is 11.9 Å². The van der Waals surface area contributed by atoms with Crippen LogP contribution in [0.15, 0.2) is 0 Å². The van der Waals surface area contributed by atoms with Crippen molar-refractivity contribution in [1.29, 1.82) is 0 Å². The van der Waals surface area contributed by atoms with E-state index in [1.165, 1.54) is 0 Å². The third-order valence-corrected chi connectivity index (χ3v) is 8.17. The van der Waals surface area contributed by atoms with Crippen LogP contribution in [0, 0.1) is 41.4 Å². The van der Waals surface area contributed by atoms with E-state index in [1.807, 2.05) is 6.92 Å². The van der Waals surface area contributed by atoms with Crippen LogP contribution in [0.4, 0.5) is 0 Å². The van der Waals surface area contributed by atoms with Gasteiger partial charge in [-0.25, -0.2) is 19.4 Å². The molecule has 4 aliphatic rings.